The molecule has 0 atom stereocenters. The average molecular weight is 1140 g/mol. The molecule has 0 spiro atoms. The van der Waals surface area contributed by atoms with Crippen molar-refractivity contribution in [3.05, 3.63) is 216 Å². The minimum absolute atomic E-state index is 0. The summed E-state index contributed by atoms with van der Waals surface area (Å²) in [7, 11) is 0. The van der Waals surface area contributed by atoms with E-state index in [1.165, 1.54) is 0 Å². The Morgan fingerprint density at radius 2 is 1.21 bits per heavy atom. The minimum atomic E-state index is -2.46. The Morgan fingerprint density at radius 1 is 0.562 bits per heavy atom. The number of para-hydroxylation sites is 1. The maximum Gasteiger partial charge on any atom is 0.148 e. The molecule has 5 heteroatoms. The molecule has 4 nitrogen and oxygen atoms in total. The number of aromatic nitrogens is 3. The summed E-state index contributed by atoms with van der Waals surface area (Å²) >= 11 is 0. The smallest absolute Gasteiger partial charge is 0.148 e. The third-order valence-electron chi connectivity index (χ3n) is 14.0. The fraction of sp³-hybridized carbons (Fsp3) is 0.206. The molecule has 8 aromatic carbocycles. The first-order valence-electron chi connectivity index (χ1n) is 27.1. The Balaban J connectivity index is 0.00000722. The number of fused-ring (bicyclic) bond motifs is 1. The first kappa shape index (κ1) is 45.7. The Hall–Kier alpha value is -7.13. The van der Waals surface area contributed by atoms with Crippen molar-refractivity contribution in [3.8, 4) is 89.7 Å². The predicted molar refractivity (Wildman–Crippen MR) is 303 cm³/mol. The van der Waals surface area contributed by atoms with Crippen molar-refractivity contribution < 1.29 is 31.7 Å². The molecule has 0 bridgehead atoms. The Kier molecular flexibility index (Phi) is 13.0. The van der Waals surface area contributed by atoms with Gasteiger partial charge < -0.3 is 5.11 Å². The average Bonchev–Trinajstić information content (AvgIpc) is 3.87. The van der Waals surface area contributed by atoms with Crippen molar-refractivity contribution in [2.45, 2.75) is 92.3 Å². The third-order valence-corrected chi connectivity index (χ3v) is 14.0. The first-order chi connectivity index (χ1) is 36.1. The van der Waals surface area contributed by atoms with E-state index in [2.05, 4.69) is 150 Å². The van der Waals surface area contributed by atoms with Crippen molar-refractivity contribution in [1.29, 1.82) is 0 Å². The molecule has 0 unspecified atom stereocenters. The number of benzene rings is 8. The van der Waals surface area contributed by atoms with Crippen LogP contribution in [0.1, 0.15) is 113 Å². The van der Waals surface area contributed by atoms with Crippen LogP contribution in [0.5, 0.6) is 5.75 Å². The van der Waals surface area contributed by atoms with Gasteiger partial charge in [0, 0.05) is 44.0 Å². The summed E-state index contributed by atoms with van der Waals surface area (Å²) in [5, 5.41) is 12.6. The second kappa shape index (κ2) is 20.8. The Labute approximate surface area is 452 Å². The van der Waals surface area contributed by atoms with E-state index >= 15 is 0 Å². The predicted octanol–water partition coefficient (Wildman–Crippen LogP) is 18.6. The van der Waals surface area contributed by atoms with Gasteiger partial charge in [-0.15, -0.1) is 23.8 Å². The fourth-order valence-electron chi connectivity index (χ4n) is 9.78. The van der Waals surface area contributed by atoms with E-state index in [1.807, 2.05) is 105 Å². The molecule has 0 aliphatic rings. The molecule has 10 rings (SSSR count). The molecule has 0 saturated heterocycles. The van der Waals surface area contributed by atoms with Crippen molar-refractivity contribution in [2.75, 3.05) is 0 Å². The molecule has 0 amide bonds. The van der Waals surface area contributed by atoms with Gasteiger partial charge in [0.2, 0.25) is 0 Å². The van der Waals surface area contributed by atoms with E-state index in [9.17, 15) is 5.11 Å². The van der Waals surface area contributed by atoms with Gasteiger partial charge in [0.15, 0.2) is 0 Å². The van der Waals surface area contributed by atoms with E-state index in [0.717, 1.165) is 83.5 Å². The van der Waals surface area contributed by atoms with Gasteiger partial charge in [-0.05, 0) is 122 Å². The number of pyridine rings is 1. The monoisotopic (exact) mass is 1140 g/mol. The van der Waals surface area contributed by atoms with Gasteiger partial charge in [0.25, 0.3) is 0 Å². The van der Waals surface area contributed by atoms with Crippen LogP contribution < -0.4 is 0 Å². The van der Waals surface area contributed by atoms with Crippen LogP contribution in [0, 0.1) is 12.9 Å². The molecule has 2 aromatic heterocycles. The summed E-state index contributed by atoms with van der Waals surface area (Å²) in [4.78, 5) is 10.6. The van der Waals surface area contributed by atoms with E-state index in [1.54, 1.807) is 0 Å². The zero-order valence-corrected chi connectivity index (χ0v) is 45.4. The number of nitrogens with zero attached hydrogens (tertiary/aromatic N) is 3. The van der Waals surface area contributed by atoms with Crippen LogP contribution in [0.4, 0.5) is 0 Å². The minimum Gasteiger partial charge on any atom is -0.507 e. The number of imidazole rings is 1. The van der Waals surface area contributed by atoms with E-state index < -0.39 is 12.7 Å². The van der Waals surface area contributed by atoms with Crippen LogP contribution in [-0.2, 0) is 26.5 Å². The summed E-state index contributed by atoms with van der Waals surface area (Å²) in [6.07, 6.45) is 1.84. The van der Waals surface area contributed by atoms with E-state index in [4.69, 9.17) is 15.5 Å². The molecular weight excluding hydrogens is 1070 g/mol. The van der Waals surface area contributed by atoms with E-state index in [-0.39, 0.29) is 49.6 Å². The molecule has 368 valence electrons. The molecule has 0 saturated carbocycles. The van der Waals surface area contributed by atoms with Gasteiger partial charge in [-0.1, -0.05) is 212 Å². The summed E-state index contributed by atoms with van der Waals surface area (Å²) in [6.45, 7) is 16.4. The van der Waals surface area contributed by atoms with Gasteiger partial charge in [-0.3, -0.25) is 9.55 Å². The van der Waals surface area contributed by atoms with Crippen LogP contribution >= 0.6 is 0 Å². The van der Waals surface area contributed by atoms with Crippen LogP contribution in [-0.4, -0.2) is 19.6 Å². The van der Waals surface area contributed by atoms with Gasteiger partial charge in [0.05, 0.1) is 22.3 Å². The largest absolute Gasteiger partial charge is 0.507 e. The number of aromatic hydroxyl groups is 1. The van der Waals surface area contributed by atoms with Crippen molar-refractivity contribution >= 4 is 11.0 Å². The van der Waals surface area contributed by atoms with Crippen molar-refractivity contribution in [1.82, 2.24) is 14.5 Å². The number of rotatable bonds is 11. The van der Waals surface area contributed by atoms with Crippen molar-refractivity contribution in [3.63, 3.8) is 0 Å². The number of hydrogen-bond acceptors (Lipinski definition) is 3. The standard InChI is InChI=1S/C68H64N3O.Pt/c1-42(2)46-24-26-48(27-25-46)51-32-33-69-62(40-51)55-36-53(47-18-13-11-14-19-47)35-54(37-55)57-22-17-23-63-65(57)70-67(61-39-52(43(3)4)38-58(44(5)6)66(61)72)71(63)64-41-59(49-20-15-12-16-21-49)45(7)34-60(64)50-28-30-56(31-29-50)68(8,9)10;/h11-36,38-44,72H,1-10H3;/q-1;/i7D3,42D;. The Bertz CT molecular complexity index is 3760. The molecule has 0 fully saturated rings. The second-order valence-corrected chi connectivity index (χ2v) is 20.9. The molecule has 2 heterocycles. The van der Waals surface area contributed by atoms with Crippen molar-refractivity contribution in [2.24, 2.45) is 0 Å². The normalized spacial score (nSPS) is 12.9. The molecule has 10 aromatic rings. The molecule has 0 aliphatic carbocycles. The quantitative estimate of drug-likeness (QED) is 0.131. The molecule has 0 radical (unpaired) electrons. The number of aryl methyl sites for hydroxylation is 1. The molecule has 73 heavy (non-hydrogen) atoms. The SMILES string of the molecule is [2H]C([2H])([2H])c1cc(-c2ccc(C(C)(C)C)cc2)c(-n2c(-c3cc(C(C)C)cc(C(C)C)c3O)nc3c(-c4[c-]c(-c5cc(-c6ccc(C([2H])(C)C)cc6)ccn5)cc(-c5ccccc5)c4)cccc32)cc1-c1ccccc1.[Pt]. The van der Waals surface area contributed by atoms with Gasteiger partial charge in [-0.25, -0.2) is 4.98 Å². The number of phenolic OH excluding ortho intramolecular Hbond substituents is 1. The summed E-state index contributed by atoms with van der Waals surface area (Å²) in [5.74, 6) is 0.102. The molecule has 0 aliphatic heterocycles. The Morgan fingerprint density at radius 3 is 1.85 bits per heavy atom. The van der Waals surface area contributed by atoms with Gasteiger partial charge >= 0.3 is 0 Å². The van der Waals surface area contributed by atoms with E-state index in [0.29, 0.717) is 33.7 Å². The maximum atomic E-state index is 12.6. The summed E-state index contributed by atoms with van der Waals surface area (Å²) in [6, 6.07) is 63.1. The van der Waals surface area contributed by atoms with Gasteiger partial charge in [0.1, 0.15) is 11.6 Å². The second-order valence-electron chi connectivity index (χ2n) is 20.9. The van der Waals surface area contributed by atoms with Gasteiger partial charge in [-0.2, -0.15) is 0 Å². The van der Waals surface area contributed by atoms with Crippen LogP contribution in [0.3, 0.4) is 0 Å². The zero-order chi connectivity index (χ0) is 53.8. The van der Waals surface area contributed by atoms with Crippen LogP contribution in [0.15, 0.2) is 182 Å². The molecular formula is C68H64N3OPt-. The van der Waals surface area contributed by atoms with Crippen LogP contribution in [0.25, 0.3) is 95.0 Å². The first-order valence-corrected chi connectivity index (χ1v) is 25.1. The summed E-state index contributed by atoms with van der Waals surface area (Å²) < 4.78 is 37.6. The molecule has 1 N–H and O–H groups in total. The number of phenols is 1. The topological polar surface area (TPSA) is 50.9 Å². The summed E-state index contributed by atoms with van der Waals surface area (Å²) in [5.41, 5.74) is 17.0. The zero-order valence-electron chi connectivity index (χ0n) is 47.1. The van der Waals surface area contributed by atoms with Crippen LogP contribution in [0.2, 0.25) is 0 Å². The maximum absolute atomic E-state index is 12.6. The fourth-order valence-corrected chi connectivity index (χ4v) is 9.78. The number of hydrogen-bond donors (Lipinski definition) is 1. The third kappa shape index (κ3) is 10.2.